The van der Waals surface area contributed by atoms with Crippen LogP contribution < -0.4 is 5.32 Å². The molecular formula is C15H18FN3O. The molecule has 0 bridgehead atoms. The van der Waals surface area contributed by atoms with Crippen LogP contribution in [0, 0.1) is 19.7 Å². The van der Waals surface area contributed by atoms with E-state index in [-0.39, 0.29) is 17.8 Å². The molecule has 0 saturated carbocycles. The summed E-state index contributed by atoms with van der Waals surface area (Å²) in [6.07, 6.45) is 2.17. The van der Waals surface area contributed by atoms with Gasteiger partial charge in [-0.1, -0.05) is 0 Å². The predicted octanol–water partition coefficient (Wildman–Crippen LogP) is 3.23. The number of halogens is 1. The van der Waals surface area contributed by atoms with Gasteiger partial charge in [-0.2, -0.15) is 5.10 Å². The number of benzene rings is 1. The zero-order valence-electron chi connectivity index (χ0n) is 11.9. The molecule has 1 aromatic heterocycles. The predicted molar refractivity (Wildman–Crippen MR) is 76.1 cm³/mol. The first-order valence-corrected chi connectivity index (χ1v) is 6.53. The first kappa shape index (κ1) is 14.2. The highest BCUT2D eigenvalue weighted by atomic mass is 19.1. The normalized spacial score (nSPS) is 12.2. The minimum atomic E-state index is -0.305. The molecule has 0 aliphatic rings. The van der Waals surface area contributed by atoms with E-state index < -0.39 is 0 Å². The minimum absolute atomic E-state index is 0.0237. The van der Waals surface area contributed by atoms with Crippen molar-refractivity contribution in [1.29, 1.82) is 0 Å². The van der Waals surface area contributed by atoms with Crippen LogP contribution in [0.5, 0.6) is 0 Å². The molecule has 1 atom stereocenters. The number of carbonyl (C=O) groups excluding carboxylic acids is 1. The van der Waals surface area contributed by atoms with Gasteiger partial charge in [0.1, 0.15) is 5.82 Å². The van der Waals surface area contributed by atoms with Crippen LogP contribution in [0.25, 0.3) is 0 Å². The molecule has 0 spiro atoms. The third-order valence-electron chi connectivity index (χ3n) is 3.14. The third kappa shape index (κ3) is 3.44. The van der Waals surface area contributed by atoms with Crippen LogP contribution in [0.3, 0.4) is 0 Å². The van der Waals surface area contributed by atoms with Gasteiger partial charge in [0.25, 0.3) is 0 Å². The first-order valence-electron chi connectivity index (χ1n) is 6.53. The maximum Gasteiger partial charge on any atom is 0.226 e. The molecule has 2 aromatic rings. The van der Waals surface area contributed by atoms with Crippen molar-refractivity contribution in [3.63, 3.8) is 0 Å². The number of anilines is 1. The average molecular weight is 275 g/mol. The van der Waals surface area contributed by atoms with Crippen LogP contribution in [-0.4, -0.2) is 15.7 Å². The second-order valence-corrected chi connectivity index (χ2v) is 5.00. The Morgan fingerprint density at radius 3 is 2.75 bits per heavy atom. The van der Waals surface area contributed by atoms with Gasteiger partial charge in [0.15, 0.2) is 0 Å². The van der Waals surface area contributed by atoms with E-state index in [0.29, 0.717) is 17.7 Å². The number of aryl methyl sites for hydroxylation is 2. The van der Waals surface area contributed by atoms with Gasteiger partial charge in [-0.15, -0.1) is 0 Å². The van der Waals surface area contributed by atoms with Gasteiger partial charge in [0.05, 0.1) is 11.7 Å². The molecule has 0 fully saturated rings. The van der Waals surface area contributed by atoms with E-state index >= 15 is 0 Å². The highest BCUT2D eigenvalue weighted by molar-refractivity contribution is 5.91. The van der Waals surface area contributed by atoms with Crippen LogP contribution in [0.15, 0.2) is 30.5 Å². The fourth-order valence-corrected chi connectivity index (χ4v) is 2.01. The zero-order chi connectivity index (χ0) is 14.7. The summed E-state index contributed by atoms with van der Waals surface area (Å²) >= 11 is 0. The molecule has 1 heterocycles. The van der Waals surface area contributed by atoms with Gasteiger partial charge >= 0.3 is 0 Å². The van der Waals surface area contributed by atoms with Crippen molar-refractivity contribution >= 4 is 11.6 Å². The summed E-state index contributed by atoms with van der Waals surface area (Å²) in [5, 5.41) is 7.09. The SMILES string of the molecule is Cc1ccn([C@@H](C)CC(=O)Nc2ccc(F)cc2C)n1. The topological polar surface area (TPSA) is 46.9 Å². The lowest BCUT2D eigenvalue weighted by molar-refractivity contribution is -0.116. The Bertz CT molecular complexity index is 621. The second-order valence-electron chi connectivity index (χ2n) is 5.00. The van der Waals surface area contributed by atoms with Crippen LogP contribution in [-0.2, 0) is 4.79 Å². The Balaban J connectivity index is 1.98. The van der Waals surface area contributed by atoms with Crippen LogP contribution in [0.1, 0.15) is 30.6 Å². The number of nitrogens with one attached hydrogen (secondary N) is 1. The number of aromatic nitrogens is 2. The summed E-state index contributed by atoms with van der Waals surface area (Å²) in [5.41, 5.74) is 2.27. The second kappa shape index (κ2) is 5.86. The molecule has 0 aliphatic heterocycles. The van der Waals surface area contributed by atoms with Gasteiger partial charge in [-0.3, -0.25) is 9.48 Å². The van der Waals surface area contributed by atoms with Crippen molar-refractivity contribution in [2.45, 2.75) is 33.2 Å². The lowest BCUT2D eigenvalue weighted by atomic mass is 10.1. The highest BCUT2D eigenvalue weighted by Gasteiger charge is 2.12. The molecule has 20 heavy (non-hydrogen) atoms. The van der Waals surface area contributed by atoms with E-state index in [9.17, 15) is 9.18 Å². The number of carbonyl (C=O) groups is 1. The lowest BCUT2D eigenvalue weighted by Crippen LogP contribution is -2.18. The monoisotopic (exact) mass is 275 g/mol. The smallest absolute Gasteiger partial charge is 0.226 e. The summed E-state index contributed by atoms with van der Waals surface area (Å²) in [4.78, 5) is 12.0. The maximum absolute atomic E-state index is 13.0. The molecule has 5 heteroatoms. The van der Waals surface area contributed by atoms with Crippen molar-refractivity contribution in [1.82, 2.24) is 9.78 Å². The van der Waals surface area contributed by atoms with Gasteiger partial charge in [0, 0.05) is 18.3 Å². The largest absolute Gasteiger partial charge is 0.326 e. The number of hydrogen-bond acceptors (Lipinski definition) is 2. The van der Waals surface area contributed by atoms with E-state index in [1.165, 1.54) is 12.1 Å². The average Bonchev–Trinajstić information content (AvgIpc) is 2.79. The summed E-state index contributed by atoms with van der Waals surface area (Å²) in [6, 6.07) is 6.19. The van der Waals surface area contributed by atoms with Gasteiger partial charge in [-0.25, -0.2) is 4.39 Å². The van der Waals surface area contributed by atoms with Crippen LogP contribution in [0.4, 0.5) is 10.1 Å². The molecular weight excluding hydrogens is 257 g/mol. The van der Waals surface area contributed by atoms with Crippen molar-refractivity contribution < 1.29 is 9.18 Å². The fraction of sp³-hybridized carbons (Fsp3) is 0.333. The van der Waals surface area contributed by atoms with Crippen molar-refractivity contribution in [3.8, 4) is 0 Å². The molecule has 2 rings (SSSR count). The Kier molecular flexibility index (Phi) is 4.17. The van der Waals surface area contributed by atoms with E-state index in [0.717, 1.165) is 5.69 Å². The molecule has 0 radical (unpaired) electrons. The zero-order valence-corrected chi connectivity index (χ0v) is 11.9. The van der Waals surface area contributed by atoms with E-state index in [4.69, 9.17) is 0 Å². The third-order valence-corrected chi connectivity index (χ3v) is 3.14. The lowest BCUT2D eigenvalue weighted by Gasteiger charge is -2.13. The summed E-state index contributed by atoms with van der Waals surface area (Å²) in [6.45, 7) is 5.60. The van der Waals surface area contributed by atoms with Crippen molar-refractivity contribution in [3.05, 3.63) is 47.5 Å². The molecule has 106 valence electrons. The number of hydrogen-bond donors (Lipinski definition) is 1. The van der Waals surface area contributed by atoms with Crippen LogP contribution >= 0.6 is 0 Å². The summed E-state index contributed by atoms with van der Waals surface area (Å²) < 4.78 is 14.8. The Morgan fingerprint density at radius 1 is 1.40 bits per heavy atom. The van der Waals surface area contributed by atoms with Crippen LogP contribution in [0.2, 0.25) is 0 Å². The van der Waals surface area contributed by atoms with E-state index in [2.05, 4.69) is 10.4 Å². The Hall–Kier alpha value is -2.17. The summed E-state index contributed by atoms with van der Waals surface area (Å²) in [7, 11) is 0. The van der Waals surface area contributed by atoms with Gasteiger partial charge in [-0.05, 0) is 50.6 Å². The molecule has 1 aromatic carbocycles. The van der Waals surface area contributed by atoms with Crippen molar-refractivity contribution in [2.24, 2.45) is 0 Å². The summed E-state index contributed by atoms with van der Waals surface area (Å²) in [5.74, 6) is -0.416. The molecule has 0 aliphatic carbocycles. The number of nitrogens with zero attached hydrogens (tertiary/aromatic N) is 2. The minimum Gasteiger partial charge on any atom is -0.326 e. The maximum atomic E-state index is 13.0. The molecule has 1 amide bonds. The quantitative estimate of drug-likeness (QED) is 0.931. The van der Waals surface area contributed by atoms with E-state index in [1.807, 2.05) is 26.1 Å². The number of rotatable bonds is 4. The van der Waals surface area contributed by atoms with E-state index in [1.54, 1.807) is 17.7 Å². The standard InChI is InChI=1S/C15H18FN3O/c1-10-8-13(16)4-5-14(10)17-15(20)9-12(3)19-7-6-11(2)18-19/h4-8,12H,9H2,1-3H3,(H,17,20)/t12-/m0/s1. The molecule has 0 unspecified atom stereocenters. The highest BCUT2D eigenvalue weighted by Crippen LogP contribution is 2.17. The molecule has 0 saturated heterocycles. The number of amides is 1. The Labute approximate surface area is 117 Å². The van der Waals surface area contributed by atoms with Gasteiger partial charge < -0.3 is 5.32 Å². The first-order chi connectivity index (χ1) is 9.45. The van der Waals surface area contributed by atoms with Crippen molar-refractivity contribution in [2.75, 3.05) is 5.32 Å². The van der Waals surface area contributed by atoms with Gasteiger partial charge in [0.2, 0.25) is 5.91 Å². The molecule has 4 nitrogen and oxygen atoms in total. The fourth-order valence-electron chi connectivity index (χ4n) is 2.01. The Morgan fingerprint density at radius 2 is 2.15 bits per heavy atom. The molecule has 1 N–H and O–H groups in total.